The fraction of sp³-hybridized carbons (Fsp3) is 0.750. The van der Waals surface area contributed by atoms with Gasteiger partial charge in [-0.15, -0.1) is 0 Å². The molecule has 0 heterocycles. The second-order valence-corrected chi connectivity index (χ2v) is 7.82. The van der Waals surface area contributed by atoms with E-state index in [0.29, 0.717) is 35.5 Å². The Morgan fingerprint density at radius 3 is 1.70 bits per heavy atom. The van der Waals surface area contributed by atoms with Crippen molar-refractivity contribution < 1.29 is 10.4 Å². The highest BCUT2D eigenvalue weighted by molar-refractivity contribution is 5.94. The zero-order chi connectivity index (χ0) is 13.2. The smallest absolute Gasteiger partial charge is 0.0613 e. The van der Waals surface area contributed by atoms with Gasteiger partial charge in [0.25, 0.3) is 0 Å². The summed E-state index contributed by atoms with van der Waals surface area (Å²) in [5, 5.41) is 26.2. The van der Waals surface area contributed by atoms with Crippen LogP contribution in [0.25, 0.3) is 0 Å². The van der Waals surface area contributed by atoms with E-state index in [0.717, 1.165) is 47.9 Å². The lowest BCUT2D eigenvalue weighted by Gasteiger charge is -2.21. The first-order valence-corrected chi connectivity index (χ1v) is 7.95. The molecule has 4 heteroatoms. The third kappa shape index (κ3) is 0.798. The maximum absolute atomic E-state index is 9.41. The molecule has 8 unspecified atom stereocenters. The Balaban J connectivity index is 1.60. The second kappa shape index (κ2) is 2.97. The minimum atomic E-state index is 0.516. The Labute approximate surface area is 117 Å². The van der Waals surface area contributed by atoms with Crippen molar-refractivity contribution in [3.8, 4) is 0 Å². The van der Waals surface area contributed by atoms with Gasteiger partial charge in [0.2, 0.25) is 0 Å². The SMILES string of the molecule is O/N=C1\CC2C3C/C(=N\O)C4C5C=CC6C1C2C(C65)C34. The molecule has 0 spiro atoms. The lowest BCUT2D eigenvalue weighted by molar-refractivity contribution is 0.304. The van der Waals surface area contributed by atoms with Crippen LogP contribution in [0.4, 0.5) is 0 Å². The fourth-order valence-electron chi connectivity index (χ4n) is 7.87. The van der Waals surface area contributed by atoms with Crippen LogP contribution < -0.4 is 0 Å². The van der Waals surface area contributed by atoms with Gasteiger partial charge in [0.1, 0.15) is 0 Å². The Hall–Kier alpha value is -1.32. The molecule has 0 amide bonds. The van der Waals surface area contributed by atoms with Gasteiger partial charge in [0.15, 0.2) is 0 Å². The van der Waals surface area contributed by atoms with Crippen LogP contribution in [0.15, 0.2) is 22.5 Å². The van der Waals surface area contributed by atoms with E-state index in [-0.39, 0.29) is 0 Å². The highest BCUT2D eigenvalue weighted by Gasteiger charge is 2.76. The van der Waals surface area contributed by atoms with Crippen LogP contribution in [0, 0.1) is 59.2 Å². The topological polar surface area (TPSA) is 65.2 Å². The number of hydrogen-bond acceptors (Lipinski definition) is 4. The Morgan fingerprint density at radius 2 is 1.25 bits per heavy atom. The van der Waals surface area contributed by atoms with Crippen molar-refractivity contribution in [2.45, 2.75) is 12.8 Å². The molecule has 5 fully saturated rings. The van der Waals surface area contributed by atoms with Gasteiger partial charge in [-0.25, -0.2) is 0 Å². The van der Waals surface area contributed by atoms with Gasteiger partial charge in [0, 0.05) is 11.8 Å². The molecule has 0 aromatic rings. The average molecular weight is 270 g/mol. The zero-order valence-corrected chi connectivity index (χ0v) is 11.1. The van der Waals surface area contributed by atoms with Gasteiger partial charge in [0.05, 0.1) is 11.4 Å². The number of allylic oxidation sites excluding steroid dienone is 2. The first-order chi connectivity index (χ1) is 9.85. The second-order valence-electron chi connectivity index (χ2n) is 7.82. The summed E-state index contributed by atoms with van der Waals surface area (Å²) in [5.74, 6) is 6.63. The maximum atomic E-state index is 9.41. The van der Waals surface area contributed by atoms with Crippen molar-refractivity contribution >= 4 is 11.4 Å². The van der Waals surface area contributed by atoms with Crippen molar-refractivity contribution in [2.75, 3.05) is 0 Å². The minimum absolute atomic E-state index is 0.516. The van der Waals surface area contributed by atoms with E-state index < -0.39 is 0 Å². The first-order valence-electron chi connectivity index (χ1n) is 7.95. The van der Waals surface area contributed by atoms with E-state index in [9.17, 15) is 10.4 Å². The number of rotatable bonds is 0. The van der Waals surface area contributed by atoms with Crippen molar-refractivity contribution in [1.29, 1.82) is 0 Å². The van der Waals surface area contributed by atoms with E-state index in [1.165, 1.54) is 0 Å². The lowest BCUT2D eigenvalue weighted by Crippen LogP contribution is -2.23. The molecule has 6 aliphatic rings. The molecule has 0 radical (unpaired) electrons. The van der Waals surface area contributed by atoms with E-state index >= 15 is 0 Å². The first kappa shape index (κ1) is 10.4. The molecule has 4 nitrogen and oxygen atoms in total. The molecule has 6 aliphatic carbocycles. The molecule has 6 rings (SSSR count). The maximum Gasteiger partial charge on any atom is 0.0613 e. The molecule has 104 valence electrons. The van der Waals surface area contributed by atoms with Gasteiger partial charge in [-0.2, -0.15) is 0 Å². The van der Waals surface area contributed by atoms with Crippen molar-refractivity contribution in [1.82, 2.24) is 0 Å². The van der Waals surface area contributed by atoms with Crippen LogP contribution in [-0.2, 0) is 0 Å². The van der Waals surface area contributed by atoms with Crippen LogP contribution in [0.1, 0.15) is 12.8 Å². The van der Waals surface area contributed by atoms with Crippen LogP contribution >= 0.6 is 0 Å². The van der Waals surface area contributed by atoms with Crippen LogP contribution in [0.2, 0.25) is 0 Å². The molecule has 20 heavy (non-hydrogen) atoms. The summed E-state index contributed by atoms with van der Waals surface area (Å²) in [7, 11) is 0. The van der Waals surface area contributed by atoms with Gasteiger partial charge in [-0.3, -0.25) is 0 Å². The average Bonchev–Trinajstić information content (AvgIpc) is 3.18. The molecule has 0 aromatic carbocycles. The molecular weight excluding hydrogens is 252 g/mol. The number of oxime groups is 2. The monoisotopic (exact) mass is 270 g/mol. The molecule has 2 N–H and O–H groups in total. The molecular formula is C16H18N2O2. The molecule has 0 saturated heterocycles. The van der Waals surface area contributed by atoms with E-state index in [1.807, 2.05) is 0 Å². The molecule has 5 saturated carbocycles. The van der Waals surface area contributed by atoms with Crippen molar-refractivity contribution in [3.63, 3.8) is 0 Å². The summed E-state index contributed by atoms with van der Waals surface area (Å²) < 4.78 is 0. The minimum Gasteiger partial charge on any atom is -0.411 e. The molecule has 8 atom stereocenters. The fourth-order valence-corrected chi connectivity index (χ4v) is 7.87. The molecule has 0 aliphatic heterocycles. The number of nitrogens with zero attached hydrogens (tertiary/aromatic N) is 2. The largest absolute Gasteiger partial charge is 0.411 e. The Bertz CT molecular complexity index is 560. The van der Waals surface area contributed by atoms with Crippen LogP contribution in [-0.4, -0.2) is 21.8 Å². The van der Waals surface area contributed by atoms with Crippen LogP contribution in [0.5, 0.6) is 0 Å². The highest BCUT2D eigenvalue weighted by Crippen LogP contribution is 2.77. The summed E-state index contributed by atoms with van der Waals surface area (Å²) in [6.07, 6.45) is 6.75. The van der Waals surface area contributed by atoms with Crippen molar-refractivity contribution in [2.24, 2.45) is 69.5 Å². The van der Waals surface area contributed by atoms with Crippen molar-refractivity contribution in [3.05, 3.63) is 12.2 Å². The third-order valence-corrected chi connectivity index (χ3v) is 7.89. The quantitative estimate of drug-likeness (QED) is 0.403. The van der Waals surface area contributed by atoms with Crippen LogP contribution in [0.3, 0.4) is 0 Å². The summed E-state index contributed by atoms with van der Waals surface area (Å²) in [5.41, 5.74) is 2.13. The predicted octanol–water partition coefficient (Wildman–Crippen LogP) is 2.23. The normalized spacial score (nSPS) is 67.0. The lowest BCUT2D eigenvalue weighted by atomic mass is 9.83. The zero-order valence-electron chi connectivity index (χ0n) is 11.1. The standard InChI is InChI=1S/C16H18N2O2/c19-17-9-3-7-8-4-10(18-20)13-6-2-1-5-11(6)16(15(8)13)14(7)12(5)9/h1-2,5-8,11-16,19-20H,3-4H2/b17-9+,18-10+. The van der Waals surface area contributed by atoms with E-state index in [2.05, 4.69) is 22.5 Å². The van der Waals surface area contributed by atoms with Gasteiger partial charge in [-0.1, -0.05) is 22.5 Å². The summed E-state index contributed by atoms with van der Waals surface area (Å²) >= 11 is 0. The van der Waals surface area contributed by atoms with Gasteiger partial charge in [-0.05, 0) is 60.2 Å². The molecule has 0 aromatic heterocycles. The predicted molar refractivity (Wildman–Crippen MR) is 71.7 cm³/mol. The Morgan fingerprint density at radius 1 is 0.750 bits per heavy atom. The Kier molecular flexibility index (Phi) is 1.55. The summed E-state index contributed by atoms with van der Waals surface area (Å²) in [4.78, 5) is 0. The number of fused-ring (bicyclic) bond motifs is 3. The number of hydrogen-bond donors (Lipinski definition) is 2. The summed E-state index contributed by atoms with van der Waals surface area (Å²) in [6.45, 7) is 0. The summed E-state index contributed by atoms with van der Waals surface area (Å²) in [6, 6.07) is 0. The van der Waals surface area contributed by atoms with E-state index in [1.54, 1.807) is 0 Å². The highest BCUT2D eigenvalue weighted by atomic mass is 16.4. The van der Waals surface area contributed by atoms with Gasteiger partial charge >= 0.3 is 0 Å². The third-order valence-electron chi connectivity index (χ3n) is 7.89. The molecule has 0 bridgehead atoms. The van der Waals surface area contributed by atoms with Gasteiger partial charge < -0.3 is 10.4 Å². The van der Waals surface area contributed by atoms with E-state index in [4.69, 9.17) is 0 Å².